The van der Waals surface area contributed by atoms with Gasteiger partial charge in [0.05, 0.1) is 13.2 Å². The van der Waals surface area contributed by atoms with Crippen LogP contribution in [0.2, 0.25) is 0 Å². The molecule has 1 amide bonds. The molecule has 3 atom stereocenters. The lowest BCUT2D eigenvalue weighted by atomic mass is 9.90. The van der Waals surface area contributed by atoms with E-state index < -0.39 is 11.6 Å². The van der Waals surface area contributed by atoms with Gasteiger partial charge in [-0.05, 0) is 18.4 Å². The number of carbonyl (C=O) groups excluding carboxylic acids is 2. The van der Waals surface area contributed by atoms with Crippen LogP contribution in [-0.4, -0.2) is 37.1 Å². The predicted octanol–water partition coefficient (Wildman–Crippen LogP) is 0.224. The zero-order valence-corrected chi connectivity index (χ0v) is 15.3. The summed E-state index contributed by atoms with van der Waals surface area (Å²) in [6.45, 7) is 6.20. The third-order valence-electron chi connectivity index (χ3n) is 5.11. The smallest absolute Gasteiger partial charge is 0.365 e. The maximum Gasteiger partial charge on any atom is 0.365 e. The van der Waals surface area contributed by atoms with E-state index in [9.17, 15) is 14.9 Å². The number of esters is 1. The van der Waals surface area contributed by atoms with Crippen LogP contribution in [0.4, 0.5) is 0 Å². The van der Waals surface area contributed by atoms with E-state index in [4.69, 9.17) is 4.74 Å². The van der Waals surface area contributed by atoms with Gasteiger partial charge in [-0.25, -0.2) is 4.79 Å². The Labute approximate surface area is 148 Å². The van der Waals surface area contributed by atoms with Crippen molar-refractivity contribution >= 4 is 11.9 Å². The minimum atomic E-state index is -0.926. The Kier molecular flexibility index (Phi) is 5.81. The molecule has 0 radical (unpaired) electrons. The molecule has 0 saturated heterocycles. The standard InChI is InChI=1S/C19H25N3O3/c1-13(2)19(3,12-20)21-17(23)11-22-10-15-8-6-5-7-14(15)9-16(22)18(24)25-4/h5-8,13,16H,9-11H2,1-4H3,(H,21,23)/p+1/t16-,19+/m1/s1. The Balaban J connectivity index is 2.17. The highest BCUT2D eigenvalue weighted by Crippen LogP contribution is 2.16. The summed E-state index contributed by atoms with van der Waals surface area (Å²) in [5.41, 5.74) is 1.33. The number of nitrogens with one attached hydrogen (secondary N) is 2. The van der Waals surface area contributed by atoms with Crippen molar-refractivity contribution in [3.8, 4) is 6.07 Å². The quantitative estimate of drug-likeness (QED) is 0.749. The first-order chi connectivity index (χ1) is 11.8. The number of carbonyl (C=O) groups is 2. The van der Waals surface area contributed by atoms with Gasteiger partial charge in [0.2, 0.25) is 0 Å². The molecular weight excluding hydrogens is 318 g/mol. The molecule has 25 heavy (non-hydrogen) atoms. The van der Waals surface area contributed by atoms with Gasteiger partial charge in [0.15, 0.2) is 12.6 Å². The van der Waals surface area contributed by atoms with Crippen LogP contribution in [0.15, 0.2) is 24.3 Å². The first kappa shape index (κ1) is 18.9. The summed E-state index contributed by atoms with van der Waals surface area (Å²) in [5, 5.41) is 12.2. The van der Waals surface area contributed by atoms with Crippen molar-refractivity contribution in [3.05, 3.63) is 35.4 Å². The van der Waals surface area contributed by atoms with Crippen LogP contribution < -0.4 is 10.2 Å². The third-order valence-corrected chi connectivity index (χ3v) is 5.11. The Morgan fingerprint density at radius 2 is 2.04 bits per heavy atom. The second-order valence-electron chi connectivity index (χ2n) is 7.08. The number of hydrogen-bond acceptors (Lipinski definition) is 4. The van der Waals surface area contributed by atoms with Gasteiger partial charge in [0.1, 0.15) is 12.1 Å². The summed E-state index contributed by atoms with van der Waals surface area (Å²) in [7, 11) is 1.37. The molecule has 0 bridgehead atoms. The van der Waals surface area contributed by atoms with E-state index in [1.165, 1.54) is 7.11 Å². The SMILES string of the molecule is COC(=O)[C@H]1Cc2ccccc2C[NH+]1CC(=O)N[C@@](C)(C#N)C(C)C. The number of nitrogens with zero attached hydrogens (tertiary/aromatic N) is 1. The molecule has 6 heteroatoms. The number of methoxy groups -OCH3 is 1. The molecule has 0 spiro atoms. The van der Waals surface area contributed by atoms with E-state index in [-0.39, 0.29) is 24.3 Å². The maximum absolute atomic E-state index is 12.5. The minimum Gasteiger partial charge on any atom is -0.465 e. The molecule has 134 valence electrons. The normalized spacial score (nSPS) is 21.6. The maximum atomic E-state index is 12.5. The molecule has 1 aromatic carbocycles. The third kappa shape index (κ3) is 4.18. The molecule has 0 aromatic heterocycles. The van der Waals surface area contributed by atoms with Crippen LogP contribution in [0.5, 0.6) is 0 Å². The topological polar surface area (TPSA) is 83.6 Å². The van der Waals surface area contributed by atoms with E-state index in [0.717, 1.165) is 16.0 Å². The molecule has 1 aliphatic rings. The number of benzene rings is 1. The predicted molar refractivity (Wildman–Crippen MR) is 92.5 cm³/mol. The van der Waals surface area contributed by atoms with Crippen LogP contribution in [0.3, 0.4) is 0 Å². The molecule has 6 nitrogen and oxygen atoms in total. The zero-order valence-electron chi connectivity index (χ0n) is 15.3. The largest absolute Gasteiger partial charge is 0.465 e. The molecule has 1 heterocycles. The van der Waals surface area contributed by atoms with Crippen molar-refractivity contribution in [2.45, 2.75) is 45.3 Å². The van der Waals surface area contributed by atoms with Crippen LogP contribution in [0, 0.1) is 17.2 Å². The van der Waals surface area contributed by atoms with Gasteiger partial charge in [-0.1, -0.05) is 38.1 Å². The van der Waals surface area contributed by atoms with Gasteiger partial charge in [-0.2, -0.15) is 5.26 Å². The van der Waals surface area contributed by atoms with Gasteiger partial charge >= 0.3 is 5.97 Å². The number of fused-ring (bicyclic) bond motifs is 1. The first-order valence-electron chi connectivity index (χ1n) is 8.52. The van der Waals surface area contributed by atoms with E-state index in [1.807, 2.05) is 38.1 Å². The van der Waals surface area contributed by atoms with Gasteiger partial charge in [-0.3, -0.25) is 4.79 Å². The monoisotopic (exact) mass is 344 g/mol. The molecule has 1 aromatic rings. The van der Waals surface area contributed by atoms with Crippen molar-refractivity contribution in [3.63, 3.8) is 0 Å². The summed E-state index contributed by atoms with van der Waals surface area (Å²) in [5.74, 6) is -0.569. The average molecular weight is 344 g/mol. The van der Waals surface area contributed by atoms with E-state index >= 15 is 0 Å². The lowest BCUT2D eigenvalue weighted by Gasteiger charge is -2.33. The second kappa shape index (κ2) is 7.66. The summed E-state index contributed by atoms with van der Waals surface area (Å²) < 4.78 is 4.93. The molecule has 0 saturated carbocycles. The van der Waals surface area contributed by atoms with Crippen molar-refractivity contribution in [1.82, 2.24) is 5.32 Å². The van der Waals surface area contributed by atoms with Crippen LogP contribution >= 0.6 is 0 Å². The van der Waals surface area contributed by atoms with E-state index in [1.54, 1.807) is 6.92 Å². The highest BCUT2D eigenvalue weighted by atomic mass is 16.5. The van der Waals surface area contributed by atoms with Gasteiger partial charge in [-0.15, -0.1) is 0 Å². The fourth-order valence-electron chi connectivity index (χ4n) is 3.08. The Morgan fingerprint density at radius 1 is 1.40 bits per heavy atom. The summed E-state index contributed by atoms with van der Waals surface area (Å²) in [4.78, 5) is 25.6. The summed E-state index contributed by atoms with van der Waals surface area (Å²) >= 11 is 0. The molecule has 2 N–H and O–H groups in total. The van der Waals surface area contributed by atoms with Gasteiger partial charge in [0, 0.05) is 12.0 Å². The number of amides is 1. The van der Waals surface area contributed by atoms with Crippen LogP contribution in [0.1, 0.15) is 31.9 Å². The van der Waals surface area contributed by atoms with E-state index in [0.29, 0.717) is 13.0 Å². The van der Waals surface area contributed by atoms with Gasteiger partial charge < -0.3 is 15.0 Å². The fourth-order valence-corrected chi connectivity index (χ4v) is 3.08. The van der Waals surface area contributed by atoms with Crippen LogP contribution in [-0.2, 0) is 27.3 Å². The van der Waals surface area contributed by atoms with Gasteiger partial charge in [0.25, 0.3) is 5.91 Å². The number of rotatable bonds is 5. The molecule has 0 aliphatic carbocycles. The average Bonchev–Trinajstić information content (AvgIpc) is 2.60. The zero-order chi connectivity index (χ0) is 18.6. The van der Waals surface area contributed by atoms with Crippen LogP contribution in [0.25, 0.3) is 0 Å². The summed E-state index contributed by atoms with van der Waals surface area (Å²) in [6.07, 6.45) is 0.547. The molecular formula is C19H26N3O3+. The molecule has 2 rings (SSSR count). The fraction of sp³-hybridized carbons (Fsp3) is 0.526. The van der Waals surface area contributed by atoms with Crippen molar-refractivity contribution < 1.29 is 19.2 Å². The lowest BCUT2D eigenvalue weighted by Crippen LogP contribution is -3.17. The number of nitriles is 1. The Bertz CT molecular complexity index is 695. The summed E-state index contributed by atoms with van der Waals surface area (Å²) in [6, 6.07) is 9.69. The lowest BCUT2D eigenvalue weighted by molar-refractivity contribution is -0.924. The highest BCUT2D eigenvalue weighted by Gasteiger charge is 2.38. The highest BCUT2D eigenvalue weighted by molar-refractivity contribution is 5.79. The first-order valence-corrected chi connectivity index (χ1v) is 8.52. The molecule has 1 aliphatic heterocycles. The second-order valence-corrected chi connectivity index (χ2v) is 7.08. The number of ether oxygens (including phenoxy) is 1. The van der Waals surface area contributed by atoms with E-state index in [2.05, 4.69) is 11.4 Å². The number of quaternary nitrogens is 1. The molecule has 0 fully saturated rings. The van der Waals surface area contributed by atoms with Crippen molar-refractivity contribution in [2.24, 2.45) is 5.92 Å². The van der Waals surface area contributed by atoms with Crippen molar-refractivity contribution in [1.29, 1.82) is 5.26 Å². The number of hydrogen-bond donors (Lipinski definition) is 2. The Morgan fingerprint density at radius 3 is 2.60 bits per heavy atom. The molecule has 1 unspecified atom stereocenters. The minimum absolute atomic E-state index is 0.0186. The van der Waals surface area contributed by atoms with Crippen molar-refractivity contribution in [2.75, 3.05) is 13.7 Å². The Hall–Kier alpha value is -2.39.